The number of piperidine rings is 1. The molecule has 2 saturated heterocycles. The van der Waals surface area contributed by atoms with Crippen molar-refractivity contribution in [3.05, 3.63) is 47.5 Å². The summed E-state index contributed by atoms with van der Waals surface area (Å²) in [5, 5.41) is 9.67. The lowest BCUT2D eigenvalue weighted by Gasteiger charge is -2.41. The van der Waals surface area contributed by atoms with Crippen molar-refractivity contribution < 1.29 is 14.7 Å². The Morgan fingerprint density at radius 1 is 1.12 bits per heavy atom. The number of hydrogen-bond acceptors (Lipinski definition) is 4. The first-order valence-electron chi connectivity index (χ1n) is 12.6. The molecular weight excluding hydrogens is 430 g/mol. The maximum atomic E-state index is 11.8. The Morgan fingerprint density at radius 3 is 2.47 bits per heavy atom. The highest BCUT2D eigenvalue weighted by Gasteiger charge is 2.42. The second-order valence-electron chi connectivity index (χ2n) is 9.98. The number of fused-ring (bicyclic) bond motifs is 3. The minimum absolute atomic E-state index is 0.123. The Kier molecular flexibility index (Phi) is 6.34. The molecule has 8 nitrogen and oxygen atoms in total. The molecule has 2 fully saturated rings. The second kappa shape index (κ2) is 9.41. The Morgan fingerprint density at radius 2 is 1.82 bits per heavy atom. The summed E-state index contributed by atoms with van der Waals surface area (Å²) in [6, 6.07) is 10.9. The van der Waals surface area contributed by atoms with E-state index in [1.807, 2.05) is 35.2 Å². The lowest BCUT2D eigenvalue weighted by Crippen LogP contribution is -2.45. The van der Waals surface area contributed by atoms with Crippen LogP contribution in [0.5, 0.6) is 0 Å². The second-order valence-corrected chi connectivity index (χ2v) is 9.98. The molecule has 182 valence electrons. The van der Waals surface area contributed by atoms with E-state index in [1.165, 1.54) is 23.4 Å². The topological polar surface area (TPSA) is 81.9 Å². The van der Waals surface area contributed by atoms with E-state index >= 15 is 0 Å². The van der Waals surface area contributed by atoms with Crippen LogP contribution in [0.15, 0.2) is 30.3 Å². The Hall–Kier alpha value is -2.87. The Balaban J connectivity index is 1.22. The third kappa shape index (κ3) is 4.31. The lowest BCUT2D eigenvalue weighted by molar-refractivity contribution is -0.129. The third-order valence-corrected chi connectivity index (χ3v) is 8.00. The fourth-order valence-electron chi connectivity index (χ4n) is 6.47. The Labute approximate surface area is 201 Å². The standard InChI is InChI=1S/C26H35N5O3/c1-18-27-24-17-28(19(2)32)14-11-25(24)31(18)23-15-21-9-10-22(16-23)29(21)12-6-13-30(26(33)34)20-7-4-3-5-8-20/h3-5,7-8,21-23H,6,9-17H2,1-2H3,(H,33,34). The van der Waals surface area contributed by atoms with E-state index < -0.39 is 6.09 Å². The van der Waals surface area contributed by atoms with Crippen LogP contribution in [0.4, 0.5) is 10.5 Å². The van der Waals surface area contributed by atoms with Crippen molar-refractivity contribution in [3.63, 3.8) is 0 Å². The van der Waals surface area contributed by atoms with Gasteiger partial charge in [0.15, 0.2) is 0 Å². The van der Waals surface area contributed by atoms with Crippen LogP contribution < -0.4 is 4.90 Å². The van der Waals surface area contributed by atoms with Gasteiger partial charge in [0.1, 0.15) is 5.82 Å². The number of imidazole rings is 1. The van der Waals surface area contributed by atoms with E-state index in [0.29, 0.717) is 31.2 Å². The highest BCUT2D eigenvalue weighted by atomic mass is 16.4. The van der Waals surface area contributed by atoms with Gasteiger partial charge < -0.3 is 14.6 Å². The van der Waals surface area contributed by atoms with Crippen molar-refractivity contribution in [1.82, 2.24) is 19.4 Å². The number of nitrogens with zero attached hydrogens (tertiary/aromatic N) is 5. The quantitative estimate of drug-likeness (QED) is 0.701. The molecule has 0 aliphatic carbocycles. The van der Waals surface area contributed by atoms with Crippen LogP contribution in [0.25, 0.3) is 0 Å². The van der Waals surface area contributed by atoms with Crippen molar-refractivity contribution >= 4 is 17.7 Å². The summed E-state index contributed by atoms with van der Waals surface area (Å²) < 4.78 is 2.48. The maximum absolute atomic E-state index is 11.8. The summed E-state index contributed by atoms with van der Waals surface area (Å²) in [5.41, 5.74) is 3.14. The van der Waals surface area contributed by atoms with E-state index in [2.05, 4.69) is 16.4 Å². The average Bonchev–Trinajstić information content (AvgIpc) is 3.27. The fourth-order valence-corrected chi connectivity index (χ4v) is 6.47. The SMILES string of the molecule is CC(=O)N1CCc2c(nc(C)n2C2CC3CCC(C2)N3CCCN(C(=O)O)c2ccccc2)C1. The number of hydrogen-bond donors (Lipinski definition) is 1. The van der Waals surface area contributed by atoms with Gasteiger partial charge in [-0.05, 0) is 51.2 Å². The molecule has 2 bridgehead atoms. The number of aromatic nitrogens is 2. The predicted octanol–water partition coefficient (Wildman–Crippen LogP) is 3.84. The summed E-state index contributed by atoms with van der Waals surface area (Å²) in [6.07, 6.45) is 5.51. The summed E-state index contributed by atoms with van der Waals surface area (Å²) in [7, 11) is 0. The molecule has 0 spiro atoms. The maximum Gasteiger partial charge on any atom is 0.411 e. The number of carboxylic acid groups (broad SMARTS) is 1. The molecule has 1 aromatic carbocycles. The smallest absolute Gasteiger partial charge is 0.411 e. The number of carbonyl (C=O) groups excluding carboxylic acids is 1. The Bertz CT molecular complexity index is 1040. The van der Waals surface area contributed by atoms with Gasteiger partial charge in [-0.25, -0.2) is 9.78 Å². The summed E-state index contributed by atoms with van der Waals surface area (Å²) in [6.45, 7) is 6.60. The van der Waals surface area contributed by atoms with E-state index in [0.717, 1.165) is 56.0 Å². The fraction of sp³-hybridized carbons (Fsp3) is 0.577. The normalized spacial score (nSPS) is 24.2. The van der Waals surface area contributed by atoms with Crippen molar-refractivity contribution in [2.75, 3.05) is 24.5 Å². The highest BCUT2D eigenvalue weighted by molar-refractivity contribution is 5.85. The molecule has 1 N–H and O–H groups in total. The van der Waals surface area contributed by atoms with Crippen molar-refractivity contribution in [2.24, 2.45) is 0 Å². The van der Waals surface area contributed by atoms with E-state index in [-0.39, 0.29) is 5.91 Å². The van der Waals surface area contributed by atoms with Crippen LogP contribution in [-0.4, -0.2) is 68.2 Å². The molecule has 3 aliphatic heterocycles. The number of rotatable bonds is 6. The minimum atomic E-state index is -0.892. The number of amides is 2. The lowest BCUT2D eigenvalue weighted by atomic mass is 9.95. The molecular formula is C26H35N5O3. The van der Waals surface area contributed by atoms with E-state index in [9.17, 15) is 14.7 Å². The monoisotopic (exact) mass is 465 g/mol. The van der Waals surface area contributed by atoms with Gasteiger partial charge >= 0.3 is 6.09 Å². The van der Waals surface area contributed by atoms with Gasteiger partial charge in [0.25, 0.3) is 0 Å². The zero-order valence-electron chi connectivity index (χ0n) is 20.2. The van der Waals surface area contributed by atoms with Crippen molar-refractivity contribution in [3.8, 4) is 0 Å². The van der Waals surface area contributed by atoms with Crippen molar-refractivity contribution in [1.29, 1.82) is 0 Å². The zero-order chi connectivity index (χ0) is 23.8. The summed E-state index contributed by atoms with van der Waals surface area (Å²) >= 11 is 0. The van der Waals surface area contributed by atoms with Crippen LogP contribution in [0.2, 0.25) is 0 Å². The van der Waals surface area contributed by atoms with Gasteiger partial charge in [-0.15, -0.1) is 0 Å². The van der Waals surface area contributed by atoms with E-state index in [1.54, 1.807) is 6.92 Å². The highest BCUT2D eigenvalue weighted by Crippen LogP contribution is 2.42. The number of anilines is 1. The zero-order valence-corrected chi connectivity index (χ0v) is 20.2. The van der Waals surface area contributed by atoms with Gasteiger partial charge in [-0.3, -0.25) is 14.6 Å². The van der Waals surface area contributed by atoms with Gasteiger partial charge in [-0.2, -0.15) is 0 Å². The molecule has 2 unspecified atom stereocenters. The molecule has 0 radical (unpaired) electrons. The number of carbonyl (C=O) groups is 2. The predicted molar refractivity (Wildman–Crippen MR) is 130 cm³/mol. The van der Waals surface area contributed by atoms with Crippen LogP contribution in [0.3, 0.4) is 0 Å². The molecule has 4 heterocycles. The number of benzene rings is 1. The first-order chi connectivity index (χ1) is 16.4. The van der Waals surface area contributed by atoms with Crippen molar-refractivity contribution in [2.45, 2.75) is 77.0 Å². The van der Waals surface area contributed by atoms with Gasteiger partial charge in [0, 0.05) is 62.5 Å². The molecule has 2 aromatic rings. The largest absolute Gasteiger partial charge is 0.465 e. The molecule has 2 amide bonds. The first-order valence-corrected chi connectivity index (χ1v) is 12.6. The van der Waals surface area contributed by atoms with Gasteiger partial charge in [-0.1, -0.05) is 18.2 Å². The molecule has 3 aliphatic rings. The third-order valence-electron chi connectivity index (χ3n) is 8.00. The van der Waals surface area contributed by atoms with Crippen LogP contribution in [-0.2, 0) is 17.8 Å². The minimum Gasteiger partial charge on any atom is -0.465 e. The number of aryl methyl sites for hydroxylation is 1. The molecule has 0 saturated carbocycles. The van der Waals surface area contributed by atoms with Gasteiger partial charge in [0.2, 0.25) is 5.91 Å². The molecule has 34 heavy (non-hydrogen) atoms. The van der Waals surface area contributed by atoms with Gasteiger partial charge in [0.05, 0.1) is 12.2 Å². The van der Waals surface area contributed by atoms with Crippen LogP contribution >= 0.6 is 0 Å². The molecule has 1 aromatic heterocycles. The summed E-state index contributed by atoms with van der Waals surface area (Å²) in [4.78, 5) is 34.5. The average molecular weight is 466 g/mol. The first kappa shape index (κ1) is 22.9. The summed E-state index contributed by atoms with van der Waals surface area (Å²) in [5.74, 6) is 1.20. The van der Waals surface area contributed by atoms with Crippen LogP contribution in [0.1, 0.15) is 62.3 Å². The molecule has 5 rings (SSSR count). The number of para-hydroxylation sites is 1. The molecule has 8 heteroatoms. The molecule has 2 atom stereocenters. The van der Waals surface area contributed by atoms with Crippen LogP contribution in [0, 0.1) is 6.92 Å². The van der Waals surface area contributed by atoms with E-state index in [4.69, 9.17) is 4.98 Å².